The lowest BCUT2D eigenvalue weighted by atomic mass is 10.0. The summed E-state index contributed by atoms with van der Waals surface area (Å²) in [6.07, 6.45) is 0.110. The zero-order chi connectivity index (χ0) is 25.7. The van der Waals surface area contributed by atoms with E-state index in [0.717, 1.165) is 0 Å². The number of aliphatic hydroxyl groups is 3. The molecule has 0 saturated carbocycles. The number of rotatable bonds is 10. The van der Waals surface area contributed by atoms with Crippen LogP contribution in [0.3, 0.4) is 0 Å². The van der Waals surface area contributed by atoms with Crippen LogP contribution in [0.4, 0.5) is 10.1 Å². The molecule has 11 heteroatoms. The lowest BCUT2D eigenvalue weighted by molar-refractivity contribution is -0.134. The van der Waals surface area contributed by atoms with E-state index in [0.29, 0.717) is 33.8 Å². The number of nitrogens with zero attached hydrogens (tertiary/aromatic N) is 1. The molecule has 1 atom stereocenters. The SMILES string of the molecule is Cc1[nH]c(/C=C2\C(=O)Nc3ccc(F)cc32)c(C)c1C(=O)NCC(O)CC(=O)N(CCO)CCO. The standard InChI is InChI=1S/C24H29FN4O6/c1-13-20(11-18-17-9-15(25)3-4-19(17)28-23(18)34)27-14(2)22(13)24(35)26-12-16(32)10-21(33)29(5-7-30)6-8-31/h3-4,9,11,16,27,30-32H,5-8,10,12H2,1-2H3,(H,26,35)(H,28,34)/b18-11-. The Balaban J connectivity index is 1.70. The normalized spacial score (nSPS) is 14.6. The molecule has 3 amide bonds. The zero-order valence-corrected chi connectivity index (χ0v) is 19.5. The van der Waals surface area contributed by atoms with E-state index in [4.69, 9.17) is 10.2 Å². The third-order valence-electron chi connectivity index (χ3n) is 5.76. The van der Waals surface area contributed by atoms with E-state index in [9.17, 15) is 23.9 Å². The van der Waals surface area contributed by atoms with Crippen molar-refractivity contribution < 1.29 is 34.1 Å². The van der Waals surface area contributed by atoms with Crippen molar-refractivity contribution in [1.82, 2.24) is 15.2 Å². The second-order valence-corrected chi connectivity index (χ2v) is 8.26. The van der Waals surface area contributed by atoms with Gasteiger partial charge in [0.2, 0.25) is 5.91 Å². The highest BCUT2D eigenvalue weighted by Gasteiger charge is 2.26. The minimum absolute atomic E-state index is 0.0354. The van der Waals surface area contributed by atoms with Crippen LogP contribution in [0.1, 0.15) is 39.3 Å². The van der Waals surface area contributed by atoms with Gasteiger partial charge in [0.25, 0.3) is 11.8 Å². The number of amides is 3. The van der Waals surface area contributed by atoms with Crippen molar-refractivity contribution >= 4 is 35.1 Å². The number of fused-ring (bicyclic) bond motifs is 1. The lowest BCUT2D eigenvalue weighted by Gasteiger charge is -2.22. The van der Waals surface area contributed by atoms with Crippen LogP contribution in [-0.4, -0.2) is 81.9 Å². The number of benzene rings is 1. The van der Waals surface area contributed by atoms with Crippen molar-refractivity contribution in [2.45, 2.75) is 26.4 Å². The van der Waals surface area contributed by atoms with Gasteiger partial charge in [-0.25, -0.2) is 4.39 Å². The fourth-order valence-corrected chi connectivity index (χ4v) is 4.01. The molecular formula is C24H29FN4O6. The molecule has 0 spiro atoms. The second-order valence-electron chi connectivity index (χ2n) is 8.26. The topological polar surface area (TPSA) is 155 Å². The Labute approximate surface area is 201 Å². The maximum absolute atomic E-state index is 13.7. The molecule has 2 heterocycles. The second kappa shape index (κ2) is 11.3. The molecule has 10 nitrogen and oxygen atoms in total. The summed E-state index contributed by atoms with van der Waals surface area (Å²) in [5.74, 6) is -1.78. The average molecular weight is 489 g/mol. The van der Waals surface area contributed by atoms with E-state index in [1.807, 2.05) is 0 Å². The average Bonchev–Trinajstić information content (AvgIpc) is 3.26. The minimum Gasteiger partial charge on any atom is -0.395 e. The predicted molar refractivity (Wildman–Crippen MR) is 127 cm³/mol. The predicted octanol–water partition coefficient (Wildman–Crippen LogP) is 0.557. The number of aromatic amines is 1. The van der Waals surface area contributed by atoms with Crippen LogP contribution in [0, 0.1) is 19.7 Å². The number of H-pyrrole nitrogens is 1. The molecule has 1 aliphatic rings. The van der Waals surface area contributed by atoms with Crippen molar-refractivity contribution in [2.24, 2.45) is 0 Å². The lowest BCUT2D eigenvalue weighted by Crippen LogP contribution is -2.40. The molecule has 3 rings (SSSR count). The molecule has 0 bridgehead atoms. The molecule has 0 aliphatic carbocycles. The Kier molecular flexibility index (Phi) is 8.39. The monoisotopic (exact) mass is 488 g/mol. The molecular weight excluding hydrogens is 459 g/mol. The van der Waals surface area contributed by atoms with Gasteiger partial charge < -0.3 is 35.8 Å². The molecule has 0 fully saturated rings. The molecule has 1 aromatic carbocycles. The summed E-state index contributed by atoms with van der Waals surface area (Å²) in [4.78, 5) is 41.7. The first-order valence-corrected chi connectivity index (χ1v) is 11.1. The molecule has 1 aliphatic heterocycles. The summed E-state index contributed by atoms with van der Waals surface area (Å²) >= 11 is 0. The van der Waals surface area contributed by atoms with E-state index in [2.05, 4.69) is 15.6 Å². The molecule has 188 valence electrons. The van der Waals surface area contributed by atoms with Crippen LogP contribution >= 0.6 is 0 Å². The van der Waals surface area contributed by atoms with E-state index in [1.165, 1.54) is 23.1 Å². The number of carbonyl (C=O) groups excluding carboxylic acids is 3. The van der Waals surface area contributed by atoms with Crippen molar-refractivity contribution in [1.29, 1.82) is 0 Å². The highest BCUT2D eigenvalue weighted by molar-refractivity contribution is 6.34. The molecule has 1 unspecified atom stereocenters. The number of hydrogen-bond donors (Lipinski definition) is 6. The van der Waals surface area contributed by atoms with Gasteiger partial charge in [-0.05, 0) is 43.7 Å². The van der Waals surface area contributed by atoms with Gasteiger partial charge in [-0.2, -0.15) is 0 Å². The van der Waals surface area contributed by atoms with Gasteiger partial charge in [-0.3, -0.25) is 14.4 Å². The summed E-state index contributed by atoms with van der Waals surface area (Å²) in [6.45, 7) is 2.73. The number of aromatic nitrogens is 1. The summed E-state index contributed by atoms with van der Waals surface area (Å²) in [7, 11) is 0. The Bertz CT molecular complexity index is 1150. The number of halogens is 1. The van der Waals surface area contributed by atoms with Crippen LogP contribution in [0.5, 0.6) is 0 Å². The maximum atomic E-state index is 13.7. The largest absolute Gasteiger partial charge is 0.395 e. The third-order valence-corrected chi connectivity index (χ3v) is 5.76. The molecule has 2 aromatic rings. The first kappa shape index (κ1) is 26.1. The highest BCUT2D eigenvalue weighted by atomic mass is 19.1. The molecule has 35 heavy (non-hydrogen) atoms. The first-order valence-electron chi connectivity index (χ1n) is 11.1. The van der Waals surface area contributed by atoms with E-state index in [1.54, 1.807) is 19.9 Å². The Hall–Kier alpha value is -3.54. The van der Waals surface area contributed by atoms with E-state index in [-0.39, 0.29) is 50.7 Å². The van der Waals surface area contributed by atoms with Crippen LogP contribution in [-0.2, 0) is 9.59 Å². The Morgan fingerprint density at radius 1 is 1.20 bits per heavy atom. The Morgan fingerprint density at radius 3 is 2.54 bits per heavy atom. The molecule has 1 aromatic heterocycles. The molecule has 6 N–H and O–H groups in total. The van der Waals surface area contributed by atoms with Crippen LogP contribution in [0.25, 0.3) is 11.6 Å². The third kappa shape index (κ3) is 5.94. The summed E-state index contributed by atoms with van der Waals surface area (Å²) in [5, 5.41) is 33.5. The Morgan fingerprint density at radius 2 is 1.89 bits per heavy atom. The maximum Gasteiger partial charge on any atom is 0.256 e. The number of hydrogen-bond acceptors (Lipinski definition) is 6. The van der Waals surface area contributed by atoms with E-state index >= 15 is 0 Å². The van der Waals surface area contributed by atoms with Gasteiger partial charge in [-0.1, -0.05) is 0 Å². The van der Waals surface area contributed by atoms with Crippen molar-refractivity contribution in [3.63, 3.8) is 0 Å². The smallest absolute Gasteiger partial charge is 0.256 e. The van der Waals surface area contributed by atoms with Crippen LogP contribution < -0.4 is 10.6 Å². The summed E-state index contributed by atoms with van der Waals surface area (Å²) in [6, 6.07) is 4.01. The van der Waals surface area contributed by atoms with Gasteiger partial charge in [0.15, 0.2) is 0 Å². The van der Waals surface area contributed by atoms with Gasteiger partial charge in [0.1, 0.15) is 5.82 Å². The van der Waals surface area contributed by atoms with Gasteiger partial charge in [-0.15, -0.1) is 0 Å². The minimum atomic E-state index is -1.17. The quantitative estimate of drug-likeness (QED) is 0.269. The number of aliphatic hydroxyl groups excluding tert-OH is 3. The fraction of sp³-hybridized carbons (Fsp3) is 0.375. The fourth-order valence-electron chi connectivity index (χ4n) is 4.01. The summed E-state index contributed by atoms with van der Waals surface area (Å²) in [5.41, 5.74) is 3.13. The van der Waals surface area contributed by atoms with Crippen LogP contribution in [0.2, 0.25) is 0 Å². The molecule has 0 radical (unpaired) electrons. The van der Waals surface area contributed by atoms with Crippen molar-refractivity contribution in [3.05, 3.63) is 52.1 Å². The van der Waals surface area contributed by atoms with Crippen molar-refractivity contribution in [3.8, 4) is 0 Å². The molecule has 0 saturated heterocycles. The van der Waals surface area contributed by atoms with Gasteiger partial charge >= 0.3 is 0 Å². The van der Waals surface area contributed by atoms with Gasteiger partial charge in [0, 0.05) is 42.3 Å². The number of carbonyl (C=O) groups is 3. The van der Waals surface area contributed by atoms with Crippen molar-refractivity contribution in [2.75, 3.05) is 38.2 Å². The van der Waals surface area contributed by atoms with Gasteiger partial charge in [0.05, 0.1) is 36.9 Å². The van der Waals surface area contributed by atoms with E-state index < -0.39 is 23.7 Å². The summed E-state index contributed by atoms with van der Waals surface area (Å²) < 4.78 is 13.7. The highest BCUT2D eigenvalue weighted by Crippen LogP contribution is 2.34. The first-order chi connectivity index (χ1) is 16.7. The number of anilines is 1. The number of aryl methyl sites for hydroxylation is 1. The zero-order valence-electron chi connectivity index (χ0n) is 19.5. The number of nitrogens with one attached hydrogen (secondary N) is 3. The van der Waals surface area contributed by atoms with Crippen LogP contribution in [0.15, 0.2) is 18.2 Å².